The van der Waals surface area contributed by atoms with Crippen LogP contribution in [0.3, 0.4) is 0 Å². The van der Waals surface area contributed by atoms with Crippen molar-refractivity contribution in [3.63, 3.8) is 0 Å². The van der Waals surface area contributed by atoms with Gasteiger partial charge >= 0.3 is 6.01 Å². The SMILES string of the molecule is CC(C)N1C=C(COc2ncc(C(=O)NC3=NN(c4ccc(Cl)c(Cl)c4)C[C@@H]3C)cn2)NN1. The average molecular weight is 491 g/mol. The number of aromatic nitrogens is 2. The lowest BCUT2D eigenvalue weighted by Crippen LogP contribution is -2.40. The zero-order valence-electron chi connectivity index (χ0n) is 18.3. The van der Waals surface area contributed by atoms with Crippen LogP contribution in [0.5, 0.6) is 6.01 Å². The van der Waals surface area contributed by atoms with E-state index in [0.717, 1.165) is 11.4 Å². The Morgan fingerprint density at radius 3 is 2.70 bits per heavy atom. The number of anilines is 1. The largest absolute Gasteiger partial charge is 0.457 e. The Morgan fingerprint density at radius 1 is 1.27 bits per heavy atom. The lowest BCUT2D eigenvalue weighted by Gasteiger charge is -2.18. The van der Waals surface area contributed by atoms with Crippen molar-refractivity contribution < 1.29 is 9.53 Å². The molecule has 2 aliphatic heterocycles. The maximum absolute atomic E-state index is 12.7. The summed E-state index contributed by atoms with van der Waals surface area (Å²) < 4.78 is 5.58. The first-order valence-corrected chi connectivity index (χ1v) is 11.1. The van der Waals surface area contributed by atoms with Gasteiger partial charge in [-0.25, -0.2) is 9.97 Å². The average Bonchev–Trinajstić information content (AvgIpc) is 3.42. The summed E-state index contributed by atoms with van der Waals surface area (Å²) in [5, 5.41) is 12.0. The van der Waals surface area contributed by atoms with Gasteiger partial charge in [0.25, 0.3) is 5.91 Å². The highest BCUT2D eigenvalue weighted by Gasteiger charge is 2.26. The van der Waals surface area contributed by atoms with Crippen LogP contribution in [-0.2, 0) is 0 Å². The molecule has 0 fully saturated rings. The summed E-state index contributed by atoms with van der Waals surface area (Å²) in [7, 11) is 0. The van der Waals surface area contributed by atoms with Gasteiger partial charge in [0.2, 0.25) is 0 Å². The topological polar surface area (TPSA) is 107 Å². The number of halogens is 2. The van der Waals surface area contributed by atoms with Crippen molar-refractivity contribution >= 4 is 40.6 Å². The monoisotopic (exact) mass is 490 g/mol. The Bertz CT molecular complexity index is 1090. The first kappa shape index (κ1) is 23.1. The second-order valence-electron chi connectivity index (χ2n) is 7.96. The quantitative estimate of drug-likeness (QED) is 0.567. The summed E-state index contributed by atoms with van der Waals surface area (Å²) in [6.07, 6.45) is 4.75. The Balaban J connectivity index is 1.34. The summed E-state index contributed by atoms with van der Waals surface area (Å²) in [4.78, 5) is 20.9. The van der Waals surface area contributed by atoms with E-state index in [9.17, 15) is 4.79 Å². The molecule has 33 heavy (non-hydrogen) atoms. The van der Waals surface area contributed by atoms with Crippen molar-refractivity contribution in [3.8, 4) is 6.01 Å². The van der Waals surface area contributed by atoms with E-state index in [-0.39, 0.29) is 24.4 Å². The number of nitrogens with zero attached hydrogens (tertiary/aromatic N) is 5. The third-order valence-corrected chi connectivity index (χ3v) is 5.77. The Hall–Kier alpha value is -3.08. The van der Waals surface area contributed by atoms with Gasteiger partial charge < -0.3 is 15.5 Å². The summed E-state index contributed by atoms with van der Waals surface area (Å²) in [6.45, 7) is 6.96. The fourth-order valence-electron chi connectivity index (χ4n) is 3.13. The number of amides is 1. The van der Waals surface area contributed by atoms with Gasteiger partial charge in [0.05, 0.1) is 33.5 Å². The number of benzene rings is 1. The fourth-order valence-corrected chi connectivity index (χ4v) is 3.42. The molecule has 0 spiro atoms. The molecule has 0 saturated carbocycles. The molecule has 0 radical (unpaired) electrons. The minimum atomic E-state index is -0.347. The van der Waals surface area contributed by atoms with Gasteiger partial charge in [0.15, 0.2) is 0 Å². The normalized spacial score (nSPS) is 17.7. The molecule has 1 aromatic carbocycles. The van der Waals surface area contributed by atoms with Gasteiger partial charge in [-0.1, -0.05) is 30.1 Å². The predicted molar refractivity (Wildman–Crippen MR) is 127 cm³/mol. The number of nitrogens with one attached hydrogen (secondary N) is 3. The van der Waals surface area contributed by atoms with E-state index in [1.54, 1.807) is 17.1 Å². The number of ether oxygens (including phenoxy) is 1. The van der Waals surface area contributed by atoms with E-state index in [1.807, 2.05) is 24.2 Å². The van der Waals surface area contributed by atoms with E-state index >= 15 is 0 Å². The fraction of sp³-hybridized carbons (Fsp3) is 0.333. The molecule has 174 valence electrons. The first-order chi connectivity index (χ1) is 15.8. The second kappa shape index (κ2) is 9.82. The molecule has 4 rings (SSSR count). The van der Waals surface area contributed by atoms with E-state index in [2.05, 4.69) is 45.2 Å². The predicted octanol–water partition coefficient (Wildman–Crippen LogP) is 2.94. The van der Waals surface area contributed by atoms with Crippen molar-refractivity contribution in [1.29, 1.82) is 0 Å². The minimum Gasteiger partial charge on any atom is -0.457 e. The second-order valence-corrected chi connectivity index (χ2v) is 8.77. The summed E-state index contributed by atoms with van der Waals surface area (Å²) in [5.41, 5.74) is 7.97. The molecule has 1 aromatic heterocycles. The number of carbonyl (C=O) groups excluding carboxylic acids is 1. The van der Waals surface area contributed by atoms with Gasteiger partial charge in [0, 0.05) is 30.6 Å². The van der Waals surface area contributed by atoms with E-state index < -0.39 is 0 Å². The molecule has 12 heteroatoms. The van der Waals surface area contributed by atoms with Gasteiger partial charge in [-0.05, 0) is 32.0 Å². The third kappa shape index (κ3) is 5.47. The van der Waals surface area contributed by atoms with Crippen LogP contribution in [0.2, 0.25) is 10.0 Å². The van der Waals surface area contributed by atoms with Crippen LogP contribution in [0.4, 0.5) is 5.69 Å². The molecule has 2 aromatic rings. The zero-order chi connectivity index (χ0) is 23.5. The lowest BCUT2D eigenvalue weighted by atomic mass is 10.1. The smallest absolute Gasteiger partial charge is 0.316 e. The number of rotatable bonds is 6. The number of hydrazone groups is 1. The van der Waals surface area contributed by atoms with Crippen LogP contribution in [0.1, 0.15) is 31.1 Å². The Morgan fingerprint density at radius 2 is 2.03 bits per heavy atom. The molecular formula is C21H24Cl2N8O2. The van der Waals surface area contributed by atoms with E-state index in [0.29, 0.717) is 34.0 Å². The standard InChI is InChI=1S/C21H24Cl2N8O2/c1-12(2)30-10-15(27-29-30)11-33-21-24-7-14(8-25-21)20(32)26-19-13(3)9-31(28-19)16-4-5-17(22)18(23)6-16/h4-8,10,12-13,27,29H,9,11H2,1-3H3,(H,26,28,32)/t13-/m0/s1. The first-order valence-electron chi connectivity index (χ1n) is 10.4. The third-order valence-electron chi connectivity index (χ3n) is 5.03. The van der Waals surface area contributed by atoms with Gasteiger partial charge in [0.1, 0.15) is 12.4 Å². The van der Waals surface area contributed by atoms with Crippen LogP contribution < -0.4 is 26.0 Å². The molecule has 3 N–H and O–H groups in total. The van der Waals surface area contributed by atoms with Crippen molar-refractivity contribution in [1.82, 2.24) is 31.3 Å². The molecular weight excluding hydrogens is 467 g/mol. The summed E-state index contributed by atoms with van der Waals surface area (Å²) in [5.74, 6) is 0.214. The molecule has 0 unspecified atom stereocenters. The van der Waals surface area contributed by atoms with E-state index in [1.165, 1.54) is 12.4 Å². The Kier molecular flexibility index (Phi) is 6.87. The van der Waals surface area contributed by atoms with Gasteiger partial charge in [-0.2, -0.15) is 5.10 Å². The number of hydrogen-bond acceptors (Lipinski definition) is 9. The minimum absolute atomic E-state index is 0.0122. The van der Waals surface area contributed by atoms with E-state index in [4.69, 9.17) is 27.9 Å². The molecule has 1 amide bonds. The van der Waals surface area contributed by atoms with Crippen LogP contribution in [0.25, 0.3) is 0 Å². The number of amidine groups is 1. The molecule has 2 aliphatic rings. The lowest BCUT2D eigenvalue weighted by molar-refractivity contribution is 0.0975. The van der Waals surface area contributed by atoms with Crippen molar-refractivity contribution in [3.05, 3.63) is 58.1 Å². The van der Waals surface area contributed by atoms with Crippen molar-refractivity contribution in [2.45, 2.75) is 26.8 Å². The number of hydrazine groups is 2. The molecule has 0 bridgehead atoms. The Labute approximate surface area is 201 Å². The van der Waals surface area contributed by atoms with Crippen LogP contribution in [0.15, 0.2) is 47.6 Å². The highest BCUT2D eigenvalue weighted by atomic mass is 35.5. The highest BCUT2D eigenvalue weighted by Crippen LogP contribution is 2.29. The van der Waals surface area contributed by atoms with Crippen molar-refractivity contribution in [2.75, 3.05) is 18.2 Å². The maximum Gasteiger partial charge on any atom is 0.316 e. The molecule has 1 atom stereocenters. The molecule has 10 nitrogen and oxygen atoms in total. The number of hydrogen-bond donors (Lipinski definition) is 3. The van der Waals surface area contributed by atoms with Crippen LogP contribution in [0, 0.1) is 5.92 Å². The molecule has 0 aliphatic carbocycles. The van der Waals surface area contributed by atoms with Gasteiger partial charge in [-0.15, -0.1) is 5.53 Å². The summed E-state index contributed by atoms with van der Waals surface area (Å²) >= 11 is 12.1. The highest BCUT2D eigenvalue weighted by molar-refractivity contribution is 6.42. The van der Waals surface area contributed by atoms with Crippen LogP contribution >= 0.6 is 23.2 Å². The zero-order valence-corrected chi connectivity index (χ0v) is 19.9. The maximum atomic E-state index is 12.7. The van der Waals surface area contributed by atoms with Gasteiger partial charge in [-0.3, -0.25) is 14.8 Å². The molecule has 0 saturated heterocycles. The number of carbonyl (C=O) groups is 1. The van der Waals surface area contributed by atoms with Crippen molar-refractivity contribution in [2.24, 2.45) is 11.0 Å². The van der Waals surface area contributed by atoms with Crippen LogP contribution in [-0.4, -0.2) is 45.9 Å². The summed E-state index contributed by atoms with van der Waals surface area (Å²) in [6, 6.07) is 5.76. The molecule has 3 heterocycles.